The quantitative estimate of drug-likeness (QED) is 0.433. The van der Waals surface area contributed by atoms with E-state index in [1.165, 1.54) is 19.2 Å². The zero-order valence-corrected chi connectivity index (χ0v) is 15.2. The minimum atomic E-state index is -0.306. The van der Waals surface area contributed by atoms with Crippen LogP contribution < -0.4 is 20.6 Å². The van der Waals surface area contributed by atoms with E-state index in [1.807, 2.05) is 0 Å². The first-order chi connectivity index (χ1) is 11.5. The van der Waals surface area contributed by atoms with Crippen LogP contribution in [-0.2, 0) is 6.61 Å². The number of ether oxygens (including phenoxy) is 2. The molecule has 0 saturated carbocycles. The molecule has 0 aromatic heterocycles. The number of thiocarbonyl (C=S) groups is 1. The van der Waals surface area contributed by atoms with Crippen LogP contribution in [0.3, 0.4) is 0 Å². The summed E-state index contributed by atoms with van der Waals surface area (Å²) >= 11 is 8.10. The lowest BCUT2D eigenvalue weighted by atomic mass is 10.2. The smallest absolute Gasteiger partial charge is 0.184 e. The van der Waals surface area contributed by atoms with Gasteiger partial charge in [0.15, 0.2) is 16.6 Å². The normalized spacial score (nSPS) is 10.6. The van der Waals surface area contributed by atoms with Crippen LogP contribution in [0.15, 0.2) is 46.0 Å². The van der Waals surface area contributed by atoms with Gasteiger partial charge in [0, 0.05) is 0 Å². The van der Waals surface area contributed by atoms with E-state index in [9.17, 15) is 4.39 Å². The zero-order valence-electron chi connectivity index (χ0n) is 12.8. The average Bonchev–Trinajstić information content (AvgIpc) is 2.53. The lowest BCUT2D eigenvalue weighted by molar-refractivity contribution is 0.282. The van der Waals surface area contributed by atoms with Crippen molar-refractivity contribution in [1.82, 2.24) is 5.43 Å². The summed E-state index contributed by atoms with van der Waals surface area (Å²) in [5.74, 6) is 0.720. The molecule has 2 aromatic carbocycles. The van der Waals surface area contributed by atoms with Crippen molar-refractivity contribution in [2.45, 2.75) is 6.61 Å². The lowest BCUT2D eigenvalue weighted by Gasteiger charge is -2.13. The molecular weight excluding hydrogens is 397 g/mol. The first kappa shape index (κ1) is 18.2. The van der Waals surface area contributed by atoms with E-state index in [0.29, 0.717) is 16.0 Å². The van der Waals surface area contributed by atoms with Crippen molar-refractivity contribution in [3.8, 4) is 11.5 Å². The Balaban J connectivity index is 2.17. The highest BCUT2D eigenvalue weighted by molar-refractivity contribution is 9.10. The first-order valence-corrected chi connectivity index (χ1v) is 8.03. The van der Waals surface area contributed by atoms with E-state index < -0.39 is 0 Å². The first-order valence-electron chi connectivity index (χ1n) is 6.83. The van der Waals surface area contributed by atoms with Gasteiger partial charge in [-0.15, -0.1) is 0 Å². The molecule has 0 bridgehead atoms. The molecular formula is C16H15BrFN3O2S. The van der Waals surface area contributed by atoms with E-state index in [4.69, 9.17) is 15.2 Å². The number of nitrogens with zero attached hydrogens (tertiary/aromatic N) is 1. The topological polar surface area (TPSA) is 68.9 Å². The molecule has 0 aliphatic rings. The lowest BCUT2D eigenvalue weighted by Crippen LogP contribution is -2.23. The summed E-state index contributed by atoms with van der Waals surface area (Å²) in [6.45, 7) is 0.211. The molecule has 0 saturated heterocycles. The highest BCUT2D eigenvalue weighted by atomic mass is 79.9. The number of nitrogens with two attached hydrogens (primary N) is 1. The van der Waals surface area contributed by atoms with Crippen LogP contribution >= 0.6 is 28.1 Å². The number of hydrogen-bond acceptors (Lipinski definition) is 4. The monoisotopic (exact) mass is 411 g/mol. The molecule has 2 rings (SSSR count). The highest BCUT2D eigenvalue weighted by Gasteiger charge is 2.11. The van der Waals surface area contributed by atoms with Gasteiger partial charge < -0.3 is 15.2 Å². The molecule has 0 fully saturated rings. The number of nitrogens with one attached hydrogen (secondary N) is 1. The Labute approximate surface area is 152 Å². The molecule has 2 aromatic rings. The van der Waals surface area contributed by atoms with Crippen molar-refractivity contribution < 1.29 is 13.9 Å². The van der Waals surface area contributed by atoms with Gasteiger partial charge in [-0.05, 0) is 63.5 Å². The molecule has 0 atom stereocenters. The van der Waals surface area contributed by atoms with Gasteiger partial charge in [0.05, 0.1) is 17.8 Å². The van der Waals surface area contributed by atoms with Crippen molar-refractivity contribution in [2.75, 3.05) is 7.11 Å². The minimum Gasteiger partial charge on any atom is -0.493 e. The summed E-state index contributed by atoms with van der Waals surface area (Å²) < 4.78 is 25.0. The van der Waals surface area contributed by atoms with Crippen LogP contribution in [0.25, 0.3) is 0 Å². The second kappa shape index (κ2) is 8.60. The van der Waals surface area contributed by atoms with E-state index in [1.54, 1.807) is 30.5 Å². The Kier molecular flexibility index (Phi) is 6.51. The van der Waals surface area contributed by atoms with Crippen LogP contribution in [0.2, 0.25) is 0 Å². The maximum Gasteiger partial charge on any atom is 0.184 e. The van der Waals surface area contributed by atoms with E-state index in [2.05, 4.69) is 38.7 Å². The third kappa shape index (κ3) is 5.17. The maximum absolute atomic E-state index is 13.2. The van der Waals surface area contributed by atoms with Crippen molar-refractivity contribution in [1.29, 1.82) is 0 Å². The molecule has 24 heavy (non-hydrogen) atoms. The Morgan fingerprint density at radius 3 is 2.88 bits per heavy atom. The van der Waals surface area contributed by atoms with Gasteiger partial charge in [-0.3, -0.25) is 5.43 Å². The third-order valence-corrected chi connectivity index (χ3v) is 3.59. The number of benzene rings is 2. The van der Waals surface area contributed by atoms with Gasteiger partial charge >= 0.3 is 0 Å². The Bertz CT molecular complexity index is 771. The summed E-state index contributed by atoms with van der Waals surface area (Å²) in [6, 6.07) is 9.77. The molecule has 0 heterocycles. The predicted octanol–water partition coefficient (Wildman–Crippen LogP) is 3.34. The predicted molar refractivity (Wildman–Crippen MR) is 98.9 cm³/mol. The van der Waals surface area contributed by atoms with Crippen molar-refractivity contribution in [2.24, 2.45) is 10.8 Å². The van der Waals surface area contributed by atoms with Crippen molar-refractivity contribution >= 4 is 39.5 Å². The summed E-state index contributed by atoms with van der Waals surface area (Å²) in [5.41, 5.74) is 9.24. The molecule has 0 radical (unpaired) electrons. The summed E-state index contributed by atoms with van der Waals surface area (Å²) in [4.78, 5) is 0. The van der Waals surface area contributed by atoms with Gasteiger partial charge in [-0.2, -0.15) is 5.10 Å². The largest absolute Gasteiger partial charge is 0.493 e. The van der Waals surface area contributed by atoms with Crippen LogP contribution in [0.4, 0.5) is 4.39 Å². The van der Waals surface area contributed by atoms with Gasteiger partial charge in [-0.25, -0.2) is 4.39 Å². The second-order valence-electron chi connectivity index (χ2n) is 4.69. The molecule has 3 N–H and O–H groups in total. The van der Waals surface area contributed by atoms with Crippen LogP contribution in [0.1, 0.15) is 11.1 Å². The van der Waals surface area contributed by atoms with Crippen LogP contribution in [-0.4, -0.2) is 18.4 Å². The van der Waals surface area contributed by atoms with E-state index >= 15 is 0 Å². The summed E-state index contributed by atoms with van der Waals surface area (Å²) in [5, 5.41) is 3.97. The zero-order chi connectivity index (χ0) is 17.5. The summed E-state index contributed by atoms with van der Waals surface area (Å²) in [7, 11) is 1.53. The maximum atomic E-state index is 13.2. The molecule has 0 aliphatic carbocycles. The molecule has 5 nitrogen and oxygen atoms in total. The van der Waals surface area contributed by atoms with Crippen LogP contribution in [0.5, 0.6) is 11.5 Å². The highest BCUT2D eigenvalue weighted by Crippen LogP contribution is 2.36. The van der Waals surface area contributed by atoms with Crippen LogP contribution in [0, 0.1) is 5.82 Å². The number of rotatable bonds is 6. The number of halogens is 2. The molecule has 0 aliphatic heterocycles. The standard InChI is InChI=1S/C16H15BrFN3O2S/c1-22-14-7-11(8-20-21-16(19)24)6-13(17)15(14)23-9-10-3-2-4-12(18)5-10/h2-8H,9H2,1H3,(H3,19,21,24). The van der Waals surface area contributed by atoms with Crippen molar-refractivity contribution in [3.63, 3.8) is 0 Å². The Morgan fingerprint density at radius 2 is 2.21 bits per heavy atom. The minimum absolute atomic E-state index is 0.0762. The second-order valence-corrected chi connectivity index (χ2v) is 5.98. The average molecular weight is 412 g/mol. The molecule has 0 unspecified atom stereocenters. The van der Waals surface area contributed by atoms with Gasteiger partial charge in [0.2, 0.25) is 0 Å². The van der Waals surface area contributed by atoms with E-state index in [0.717, 1.165) is 11.1 Å². The fourth-order valence-electron chi connectivity index (χ4n) is 1.91. The number of hydrogen-bond donors (Lipinski definition) is 2. The molecule has 0 amide bonds. The van der Waals surface area contributed by atoms with Gasteiger partial charge in [0.25, 0.3) is 0 Å². The number of methoxy groups -OCH3 is 1. The summed E-state index contributed by atoms with van der Waals surface area (Å²) in [6.07, 6.45) is 1.54. The van der Waals surface area contributed by atoms with Crippen molar-refractivity contribution in [3.05, 3.63) is 57.8 Å². The third-order valence-electron chi connectivity index (χ3n) is 2.91. The fraction of sp³-hybridized carbons (Fsp3) is 0.125. The Morgan fingerprint density at radius 1 is 1.42 bits per heavy atom. The fourth-order valence-corrected chi connectivity index (χ4v) is 2.53. The van der Waals surface area contributed by atoms with Gasteiger partial charge in [0.1, 0.15) is 12.4 Å². The SMILES string of the molecule is COc1cc(C=NNC(N)=S)cc(Br)c1OCc1cccc(F)c1. The Hall–Kier alpha value is -2.19. The van der Waals surface area contributed by atoms with Gasteiger partial charge in [-0.1, -0.05) is 12.1 Å². The molecule has 8 heteroatoms. The number of hydrazone groups is 1. The molecule has 0 spiro atoms. The van der Waals surface area contributed by atoms with E-state index in [-0.39, 0.29) is 17.5 Å². The molecule has 126 valence electrons.